The van der Waals surface area contributed by atoms with Gasteiger partial charge in [-0.05, 0) is 31.2 Å². The Morgan fingerprint density at radius 3 is 2.12 bits per heavy atom. The second-order valence-corrected chi connectivity index (χ2v) is 4.45. The fourth-order valence-corrected chi connectivity index (χ4v) is 1.58. The van der Waals surface area contributed by atoms with Crippen molar-refractivity contribution < 1.29 is 64.3 Å². The number of hydrogen-bond donors (Lipinski definition) is 0. The van der Waals surface area contributed by atoms with Gasteiger partial charge in [0.1, 0.15) is 0 Å². The molecule has 16 heavy (non-hydrogen) atoms. The van der Waals surface area contributed by atoms with Crippen LogP contribution in [0.2, 0.25) is 0 Å². The van der Waals surface area contributed by atoms with Crippen LogP contribution in [0.15, 0.2) is 28.7 Å². The number of benzene rings is 1. The second kappa shape index (κ2) is 7.56. The summed E-state index contributed by atoms with van der Waals surface area (Å²) >= 11 is 3.27. The monoisotopic (exact) mass is 319 g/mol. The molecule has 1 aromatic carbocycles. The fraction of sp³-hybridized carbons (Fsp3) is 0.333. The van der Waals surface area contributed by atoms with Crippen molar-refractivity contribution >= 4 is 22.9 Å². The molecule has 0 unspecified atom stereocenters. The minimum absolute atomic E-state index is 0. The van der Waals surface area contributed by atoms with Crippen LogP contribution in [0.1, 0.15) is 5.56 Å². The third-order valence-corrected chi connectivity index (χ3v) is 2.41. The molecule has 1 rings (SSSR count). The van der Waals surface area contributed by atoms with Gasteiger partial charge in [0.15, 0.2) is 0 Å². The molecule has 0 heterocycles. The van der Waals surface area contributed by atoms with E-state index in [4.69, 9.17) is 0 Å². The van der Waals surface area contributed by atoms with Crippen molar-refractivity contribution in [3.05, 3.63) is 34.3 Å². The Morgan fingerprint density at radius 1 is 1.19 bits per heavy atom. The van der Waals surface area contributed by atoms with Crippen molar-refractivity contribution in [2.24, 2.45) is 0 Å². The van der Waals surface area contributed by atoms with Gasteiger partial charge >= 0.3 is 58.4 Å². The first-order chi connectivity index (χ1) is 6.87. The molecule has 7 heteroatoms. The maximum absolute atomic E-state index is 12.1. The van der Waals surface area contributed by atoms with Crippen LogP contribution in [-0.4, -0.2) is 25.4 Å². The number of halogens is 4. The number of nitrogens with zero attached hydrogens (tertiary/aromatic N) is 1. The van der Waals surface area contributed by atoms with E-state index in [1.54, 1.807) is 0 Å². The summed E-state index contributed by atoms with van der Waals surface area (Å²) in [5, 5.41) is 0. The van der Waals surface area contributed by atoms with E-state index < -0.39 is 13.4 Å². The van der Waals surface area contributed by atoms with Crippen LogP contribution in [0.4, 0.5) is 12.9 Å². The van der Waals surface area contributed by atoms with Crippen molar-refractivity contribution in [2.45, 2.75) is 6.54 Å². The van der Waals surface area contributed by atoms with Crippen molar-refractivity contribution in [3.63, 3.8) is 0 Å². The van der Waals surface area contributed by atoms with Crippen LogP contribution < -0.4 is 51.4 Å². The average molecular weight is 320 g/mol. The standard InChI is InChI=1S/C9H11BBrF3N.K/c1-15(7-10(12,13)14)6-8-2-4-9(11)5-3-8;/h2-5H,6-7H2,1H3;/q-1;+1. The third kappa shape index (κ3) is 7.47. The Labute approximate surface area is 144 Å². The molecule has 0 amide bonds. The van der Waals surface area contributed by atoms with E-state index in [1.807, 2.05) is 24.3 Å². The molecular formula is C9H11BBrF3KN. The summed E-state index contributed by atoms with van der Waals surface area (Å²) < 4.78 is 37.2. The average Bonchev–Trinajstić information content (AvgIpc) is 2.05. The van der Waals surface area contributed by atoms with Gasteiger partial charge in [0.05, 0.1) is 0 Å². The maximum atomic E-state index is 12.1. The second-order valence-electron chi connectivity index (χ2n) is 3.53. The van der Waals surface area contributed by atoms with E-state index >= 15 is 0 Å². The molecule has 0 aliphatic heterocycles. The largest absolute Gasteiger partial charge is 1.00 e. The molecule has 0 atom stereocenters. The van der Waals surface area contributed by atoms with E-state index in [9.17, 15) is 12.9 Å². The normalized spacial score (nSPS) is 11.4. The summed E-state index contributed by atoms with van der Waals surface area (Å²) in [6, 6.07) is 7.26. The van der Waals surface area contributed by atoms with E-state index in [2.05, 4.69) is 15.9 Å². The molecular weight excluding hydrogens is 309 g/mol. The van der Waals surface area contributed by atoms with E-state index in [0.29, 0.717) is 6.54 Å². The van der Waals surface area contributed by atoms with Crippen molar-refractivity contribution in [1.29, 1.82) is 0 Å². The molecule has 0 aliphatic rings. The summed E-state index contributed by atoms with van der Waals surface area (Å²) in [5.74, 6) is 0. The molecule has 0 radical (unpaired) electrons. The van der Waals surface area contributed by atoms with Crippen LogP contribution in [0.25, 0.3) is 0 Å². The Hall–Kier alpha value is 1.15. The molecule has 1 aromatic rings. The molecule has 0 saturated heterocycles. The Morgan fingerprint density at radius 2 is 1.69 bits per heavy atom. The van der Waals surface area contributed by atoms with Gasteiger partial charge in [0.25, 0.3) is 0 Å². The molecule has 84 valence electrons. The number of hydrogen-bond acceptors (Lipinski definition) is 1. The first kappa shape index (κ1) is 17.2. The summed E-state index contributed by atoms with van der Waals surface area (Å²) in [4.78, 5) is 1.27. The Balaban J connectivity index is 0.00000225. The van der Waals surface area contributed by atoms with E-state index in [0.717, 1.165) is 10.0 Å². The summed E-state index contributed by atoms with van der Waals surface area (Å²) in [5.41, 5.74) is 0.876. The predicted molar refractivity (Wildman–Crippen MR) is 59.6 cm³/mol. The van der Waals surface area contributed by atoms with Gasteiger partial charge in [0.2, 0.25) is 0 Å². The Kier molecular flexibility index (Phi) is 8.10. The van der Waals surface area contributed by atoms with E-state index in [-0.39, 0.29) is 51.4 Å². The first-order valence-corrected chi connectivity index (χ1v) is 5.30. The first-order valence-electron chi connectivity index (χ1n) is 4.51. The van der Waals surface area contributed by atoms with Crippen molar-refractivity contribution in [2.75, 3.05) is 13.5 Å². The van der Waals surface area contributed by atoms with Gasteiger partial charge in [-0.3, -0.25) is 0 Å². The maximum Gasteiger partial charge on any atom is 1.00 e. The molecule has 0 N–H and O–H groups in total. The summed E-state index contributed by atoms with van der Waals surface area (Å²) in [6.45, 7) is -4.42. The van der Waals surface area contributed by atoms with Gasteiger partial charge in [0, 0.05) is 11.0 Å². The SMILES string of the molecule is CN(Cc1ccc(Br)cc1)C[B-](F)(F)F.[K+]. The van der Waals surface area contributed by atoms with Gasteiger partial charge in [-0.2, -0.15) is 0 Å². The number of rotatable bonds is 4. The molecule has 0 saturated carbocycles. The van der Waals surface area contributed by atoms with Crippen LogP contribution >= 0.6 is 15.9 Å². The third-order valence-electron chi connectivity index (χ3n) is 1.88. The van der Waals surface area contributed by atoms with Crippen LogP contribution in [0.3, 0.4) is 0 Å². The quantitative estimate of drug-likeness (QED) is 0.720. The van der Waals surface area contributed by atoms with Crippen LogP contribution in [0.5, 0.6) is 0 Å². The van der Waals surface area contributed by atoms with Gasteiger partial charge in [-0.15, -0.1) is 0 Å². The zero-order valence-electron chi connectivity index (χ0n) is 9.26. The smallest absolute Gasteiger partial charge is 0.448 e. The predicted octanol–water partition coefficient (Wildman–Crippen LogP) is 0.271. The van der Waals surface area contributed by atoms with Gasteiger partial charge < -0.3 is 17.8 Å². The molecule has 0 spiro atoms. The van der Waals surface area contributed by atoms with Crippen LogP contribution in [0, 0.1) is 0 Å². The minimum atomic E-state index is -4.73. The fourth-order valence-electron chi connectivity index (χ4n) is 1.32. The molecule has 0 aliphatic carbocycles. The van der Waals surface area contributed by atoms with Crippen molar-refractivity contribution in [3.8, 4) is 0 Å². The minimum Gasteiger partial charge on any atom is -0.448 e. The summed E-state index contributed by atoms with van der Waals surface area (Å²) in [6.07, 6.45) is -0.823. The molecule has 0 fully saturated rings. The zero-order valence-corrected chi connectivity index (χ0v) is 14.0. The zero-order chi connectivity index (χ0) is 11.5. The molecule has 0 aromatic heterocycles. The molecule has 1 nitrogen and oxygen atoms in total. The molecule has 0 bridgehead atoms. The van der Waals surface area contributed by atoms with Crippen molar-refractivity contribution in [1.82, 2.24) is 4.90 Å². The van der Waals surface area contributed by atoms with Crippen LogP contribution in [-0.2, 0) is 6.54 Å². The van der Waals surface area contributed by atoms with Gasteiger partial charge in [-0.1, -0.05) is 28.1 Å². The summed E-state index contributed by atoms with van der Waals surface area (Å²) in [7, 11) is 1.47. The topological polar surface area (TPSA) is 3.24 Å². The Bertz CT molecular complexity index is 318. The van der Waals surface area contributed by atoms with E-state index in [1.165, 1.54) is 11.9 Å². The van der Waals surface area contributed by atoms with Gasteiger partial charge in [-0.25, -0.2) is 0 Å².